The van der Waals surface area contributed by atoms with E-state index in [-0.39, 0.29) is 18.3 Å². The van der Waals surface area contributed by atoms with Crippen LogP contribution in [0.3, 0.4) is 0 Å². The fraction of sp³-hybridized carbons (Fsp3) is 0.306. The number of fused-ring (bicyclic) bond motifs is 1. The van der Waals surface area contributed by atoms with Crippen LogP contribution in [0.2, 0.25) is 0 Å². The summed E-state index contributed by atoms with van der Waals surface area (Å²) in [6, 6.07) is 18.4. The van der Waals surface area contributed by atoms with Gasteiger partial charge >= 0.3 is 5.97 Å². The number of carbonyl (C=O) groups is 1. The molecule has 0 amide bonds. The Morgan fingerprint density at radius 1 is 0.979 bits per heavy atom. The SMILES string of the molecule is CCOC(=O)C1=C(C)N=c2s/c(=C\c3ccc(OCc4ccc(I)cc4)c(OCC)c3)c(=O)n2[C@H]1c1ccc(OC(C)C)c(OC)c1. The van der Waals surface area contributed by atoms with Crippen molar-refractivity contribution in [1.82, 2.24) is 4.57 Å². The van der Waals surface area contributed by atoms with Gasteiger partial charge in [0.1, 0.15) is 6.61 Å². The molecular weight excluding hydrogens is 731 g/mol. The number of rotatable bonds is 12. The molecule has 2 heterocycles. The molecule has 3 aromatic carbocycles. The lowest BCUT2D eigenvalue weighted by Gasteiger charge is -2.25. The van der Waals surface area contributed by atoms with Crippen molar-refractivity contribution in [3.63, 3.8) is 0 Å². The standard InChI is InChI=1S/C36H37IN2O7S/c1-7-43-30-17-24(11-15-27(30)45-20-23-9-13-26(37)14-10-23)18-31-34(40)39-33(25-12-16-28(46-21(3)4)29(19-25)42-6)32(35(41)44-8-2)22(5)38-36(39)47-31/h9-19,21,33H,7-8,20H2,1-6H3/b31-18-/t33-/m0/s1. The second-order valence-electron chi connectivity index (χ2n) is 10.9. The van der Waals surface area contributed by atoms with Gasteiger partial charge in [0.15, 0.2) is 27.8 Å². The maximum atomic E-state index is 14.2. The number of carbonyl (C=O) groups excluding carboxylic acids is 1. The fourth-order valence-electron chi connectivity index (χ4n) is 5.21. The number of hydrogen-bond acceptors (Lipinski definition) is 9. The number of esters is 1. The van der Waals surface area contributed by atoms with Crippen LogP contribution in [-0.2, 0) is 16.1 Å². The van der Waals surface area contributed by atoms with E-state index in [2.05, 4.69) is 27.6 Å². The van der Waals surface area contributed by atoms with Gasteiger partial charge in [-0.25, -0.2) is 9.79 Å². The number of methoxy groups -OCH3 is 1. The molecule has 1 aromatic heterocycles. The molecule has 0 spiro atoms. The lowest BCUT2D eigenvalue weighted by Crippen LogP contribution is -2.40. The van der Waals surface area contributed by atoms with Gasteiger partial charge in [-0.1, -0.05) is 35.6 Å². The Balaban J connectivity index is 1.57. The van der Waals surface area contributed by atoms with Gasteiger partial charge in [-0.3, -0.25) is 9.36 Å². The van der Waals surface area contributed by atoms with E-state index >= 15 is 0 Å². The molecule has 0 unspecified atom stereocenters. The van der Waals surface area contributed by atoms with Gasteiger partial charge in [-0.2, -0.15) is 0 Å². The topological polar surface area (TPSA) is 97.6 Å². The predicted octanol–water partition coefficient (Wildman–Crippen LogP) is 6.18. The average Bonchev–Trinajstić information content (AvgIpc) is 3.34. The molecule has 0 saturated carbocycles. The minimum atomic E-state index is -0.787. The van der Waals surface area contributed by atoms with Crippen LogP contribution in [0.15, 0.2) is 81.7 Å². The number of allylic oxidation sites excluding steroid dienone is 1. The van der Waals surface area contributed by atoms with Crippen molar-refractivity contribution in [3.8, 4) is 23.0 Å². The van der Waals surface area contributed by atoms with Crippen molar-refractivity contribution in [2.75, 3.05) is 20.3 Å². The summed E-state index contributed by atoms with van der Waals surface area (Å²) in [4.78, 5) is 32.6. The number of benzene rings is 3. The van der Waals surface area contributed by atoms with E-state index in [1.807, 2.05) is 69.3 Å². The number of halogens is 1. The van der Waals surface area contributed by atoms with Crippen LogP contribution in [0.1, 0.15) is 57.4 Å². The maximum Gasteiger partial charge on any atom is 0.338 e. The highest BCUT2D eigenvalue weighted by Crippen LogP contribution is 2.37. The zero-order valence-electron chi connectivity index (χ0n) is 27.2. The van der Waals surface area contributed by atoms with Crippen LogP contribution < -0.4 is 33.8 Å². The Bertz CT molecular complexity index is 1980. The number of thiazole rings is 1. The summed E-state index contributed by atoms with van der Waals surface area (Å²) in [5.74, 6) is 1.71. The molecule has 47 heavy (non-hydrogen) atoms. The number of ether oxygens (including phenoxy) is 5. The molecule has 9 nitrogen and oxygen atoms in total. The first kappa shape index (κ1) is 34.2. The zero-order chi connectivity index (χ0) is 33.7. The molecule has 1 aliphatic heterocycles. The van der Waals surface area contributed by atoms with Crippen molar-refractivity contribution in [2.45, 2.75) is 53.4 Å². The summed E-state index contributed by atoms with van der Waals surface area (Å²) in [7, 11) is 1.56. The lowest BCUT2D eigenvalue weighted by molar-refractivity contribution is -0.139. The lowest BCUT2D eigenvalue weighted by atomic mass is 9.95. The molecule has 0 bridgehead atoms. The summed E-state index contributed by atoms with van der Waals surface area (Å²) < 4.78 is 32.2. The average molecular weight is 769 g/mol. The van der Waals surface area contributed by atoms with Gasteiger partial charge in [-0.15, -0.1) is 0 Å². The quantitative estimate of drug-likeness (QED) is 0.126. The summed E-state index contributed by atoms with van der Waals surface area (Å²) in [5, 5.41) is 0. The highest BCUT2D eigenvalue weighted by Gasteiger charge is 2.34. The van der Waals surface area contributed by atoms with Gasteiger partial charge < -0.3 is 23.7 Å². The fourth-order valence-corrected chi connectivity index (χ4v) is 6.61. The molecule has 5 rings (SSSR count). The van der Waals surface area contributed by atoms with Crippen LogP contribution >= 0.6 is 33.9 Å². The number of aromatic nitrogens is 1. The largest absolute Gasteiger partial charge is 0.493 e. The molecule has 11 heteroatoms. The normalized spacial score (nSPS) is 14.5. The summed E-state index contributed by atoms with van der Waals surface area (Å²) in [5.41, 5.74) is 2.96. The van der Waals surface area contributed by atoms with E-state index < -0.39 is 12.0 Å². The third-order valence-electron chi connectivity index (χ3n) is 7.26. The molecule has 1 atom stereocenters. The second kappa shape index (κ2) is 15.2. The molecule has 0 fully saturated rings. The highest BCUT2D eigenvalue weighted by atomic mass is 127. The number of hydrogen-bond donors (Lipinski definition) is 0. The van der Waals surface area contributed by atoms with E-state index in [4.69, 9.17) is 23.7 Å². The van der Waals surface area contributed by atoms with Gasteiger partial charge in [-0.05, 0) is 116 Å². The predicted molar refractivity (Wildman–Crippen MR) is 190 cm³/mol. The minimum absolute atomic E-state index is 0.0681. The zero-order valence-corrected chi connectivity index (χ0v) is 30.1. The Hall–Kier alpha value is -4.10. The minimum Gasteiger partial charge on any atom is -0.493 e. The van der Waals surface area contributed by atoms with Gasteiger partial charge in [0.05, 0.1) is 48.3 Å². The van der Waals surface area contributed by atoms with E-state index in [0.29, 0.717) is 62.4 Å². The van der Waals surface area contributed by atoms with E-state index in [0.717, 1.165) is 14.7 Å². The van der Waals surface area contributed by atoms with Crippen LogP contribution in [0.4, 0.5) is 0 Å². The molecule has 0 radical (unpaired) electrons. The van der Waals surface area contributed by atoms with Crippen LogP contribution in [0.25, 0.3) is 6.08 Å². The van der Waals surface area contributed by atoms with Gasteiger partial charge in [0, 0.05) is 3.57 Å². The Kier molecular flexibility index (Phi) is 11.1. The smallest absolute Gasteiger partial charge is 0.338 e. The van der Waals surface area contributed by atoms with Crippen molar-refractivity contribution >= 4 is 46.0 Å². The number of nitrogens with zero attached hydrogens (tertiary/aromatic N) is 2. The molecule has 246 valence electrons. The molecule has 0 saturated heterocycles. The Labute approximate surface area is 291 Å². The molecular formula is C36H37IN2O7S. The first-order valence-corrected chi connectivity index (χ1v) is 17.2. The molecule has 0 aliphatic carbocycles. The first-order valence-electron chi connectivity index (χ1n) is 15.3. The molecule has 0 N–H and O–H groups in total. The maximum absolute atomic E-state index is 14.2. The highest BCUT2D eigenvalue weighted by molar-refractivity contribution is 14.1. The van der Waals surface area contributed by atoms with Crippen molar-refractivity contribution in [1.29, 1.82) is 0 Å². The second-order valence-corrected chi connectivity index (χ2v) is 13.2. The molecule has 4 aromatic rings. The van der Waals surface area contributed by atoms with Crippen LogP contribution in [0, 0.1) is 3.57 Å². The third-order valence-corrected chi connectivity index (χ3v) is 8.96. The summed E-state index contributed by atoms with van der Waals surface area (Å²) in [6.07, 6.45) is 1.73. The van der Waals surface area contributed by atoms with E-state index in [1.165, 1.54) is 11.3 Å². The van der Waals surface area contributed by atoms with Crippen LogP contribution in [0.5, 0.6) is 23.0 Å². The Morgan fingerprint density at radius 2 is 1.72 bits per heavy atom. The monoisotopic (exact) mass is 768 g/mol. The van der Waals surface area contributed by atoms with Crippen LogP contribution in [-0.4, -0.2) is 37.0 Å². The Morgan fingerprint density at radius 3 is 2.40 bits per heavy atom. The first-order chi connectivity index (χ1) is 22.6. The third kappa shape index (κ3) is 7.73. The van der Waals surface area contributed by atoms with E-state index in [9.17, 15) is 9.59 Å². The van der Waals surface area contributed by atoms with Gasteiger partial charge in [0.2, 0.25) is 0 Å². The van der Waals surface area contributed by atoms with Crippen molar-refractivity contribution in [3.05, 3.63) is 112 Å². The summed E-state index contributed by atoms with van der Waals surface area (Å²) in [6.45, 7) is 10.3. The summed E-state index contributed by atoms with van der Waals surface area (Å²) >= 11 is 3.53. The van der Waals surface area contributed by atoms with Crippen molar-refractivity contribution < 1.29 is 28.5 Å². The molecule has 1 aliphatic rings. The van der Waals surface area contributed by atoms with Crippen molar-refractivity contribution in [2.24, 2.45) is 4.99 Å². The van der Waals surface area contributed by atoms with E-state index in [1.54, 1.807) is 43.7 Å². The van der Waals surface area contributed by atoms with Gasteiger partial charge in [0.25, 0.3) is 5.56 Å².